The lowest BCUT2D eigenvalue weighted by molar-refractivity contribution is 1.60. The summed E-state index contributed by atoms with van der Waals surface area (Å²) < 4.78 is 2.58. The van der Waals surface area contributed by atoms with Crippen molar-refractivity contribution in [2.45, 2.75) is 6.92 Å². The molecule has 0 fully saturated rings. The highest BCUT2D eigenvalue weighted by atomic mass is 32.1. The molecule has 0 aliphatic rings. The number of thiophene rings is 1. The third-order valence-corrected chi connectivity index (χ3v) is 13.1. The van der Waals surface area contributed by atoms with Crippen molar-refractivity contribution >= 4 is 86.8 Å². The number of benzene rings is 10. The van der Waals surface area contributed by atoms with Crippen molar-refractivity contribution in [1.29, 1.82) is 0 Å². The summed E-state index contributed by atoms with van der Waals surface area (Å²) in [5, 5.41) is 12.6. The molecule has 0 aliphatic carbocycles. The number of allylic oxidation sites excluding steroid dienone is 1. The molecule has 0 bridgehead atoms. The van der Waals surface area contributed by atoms with Gasteiger partial charge in [0.15, 0.2) is 0 Å². The molecule has 0 saturated carbocycles. The highest BCUT2D eigenvalue weighted by Crippen LogP contribution is 2.50. The van der Waals surface area contributed by atoms with Gasteiger partial charge in [-0.1, -0.05) is 201 Å². The fraction of sp³-hybridized carbons (Fsp3) is 0.0175. The Morgan fingerprint density at radius 2 is 0.897 bits per heavy atom. The molecule has 0 atom stereocenters. The van der Waals surface area contributed by atoms with Gasteiger partial charge in [0.2, 0.25) is 0 Å². The smallest absolute Gasteiger partial charge is 0.0434 e. The summed E-state index contributed by atoms with van der Waals surface area (Å²) in [5.74, 6) is 0. The average molecular weight is 755 g/mol. The van der Waals surface area contributed by atoms with E-state index in [0.717, 1.165) is 5.56 Å². The van der Waals surface area contributed by atoms with Crippen LogP contribution < -0.4 is 0 Å². The summed E-state index contributed by atoms with van der Waals surface area (Å²) in [6.07, 6.45) is 6.52. The van der Waals surface area contributed by atoms with Crippen LogP contribution >= 0.6 is 11.3 Å². The Bertz CT molecular complexity index is 3410. The molecular formula is C57H38S. The van der Waals surface area contributed by atoms with E-state index in [4.69, 9.17) is 0 Å². The van der Waals surface area contributed by atoms with Gasteiger partial charge in [0.1, 0.15) is 0 Å². The molecule has 11 aromatic rings. The number of fused-ring (bicyclic) bond motifs is 7. The van der Waals surface area contributed by atoms with Crippen molar-refractivity contribution in [3.63, 3.8) is 0 Å². The fourth-order valence-electron chi connectivity index (χ4n) is 9.56. The number of rotatable bonds is 6. The lowest BCUT2D eigenvalue weighted by Gasteiger charge is -2.21. The molecule has 0 spiro atoms. The maximum Gasteiger partial charge on any atom is 0.0434 e. The quantitative estimate of drug-likeness (QED) is 0.148. The lowest BCUT2D eigenvalue weighted by Crippen LogP contribution is -1.97. The Balaban J connectivity index is 1.17. The van der Waals surface area contributed by atoms with Crippen LogP contribution in [0.1, 0.15) is 18.1 Å². The van der Waals surface area contributed by atoms with Crippen LogP contribution in [0.25, 0.3) is 120 Å². The molecular weight excluding hydrogens is 717 g/mol. The minimum absolute atomic E-state index is 1.15. The van der Waals surface area contributed by atoms with E-state index in [1.807, 2.05) is 11.3 Å². The zero-order valence-corrected chi connectivity index (χ0v) is 33.0. The summed E-state index contributed by atoms with van der Waals surface area (Å²) in [4.78, 5) is 0. The summed E-state index contributed by atoms with van der Waals surface area (Å²) >= 11 is 1.90. The number of hydrogen-bond acceptors (Lipinski definition) is 1. The summed E-state index contributed by atoms with van der Waals surface area (Å²) in [6, 6.07) is 67.0. The monoisotopic (exact) mass is 754 g/mol. The Hall–Kier alpha value is -7.06. The molecule has 0 aliphatic heterocycles. The van der Waals surface area contributed by atoms with Crippen molar-refractivity contribution in [2.24, 2.45) is 0 Å². The SMILES string of the molecule is C=Cc1c(/C=C\C)c(-c2cccc3c2sc2cc(-c4c5ccccc5c(-c5ccccc5)c5ccccc45)ccc23)c2ccccc2c1-c1cccc2ccccc12. The zero-order chi connectivity index (χ0) is 38.7. The van der Waals surface area contributed by atoms with Crippen LogP contribution in [-0.4, -0.2) is 0 Å². The molecule has 11 rings (SSSR count). The Kier molecular flexibility index (Phi) is 8.17. The van der Waals surface area contributed by atoms with Crippen LogP contribution in [0.2, 0.25) is 0 Å². The first-order valence-corrected chi connectivity index (χ1v) is 20.8. The Morgan fingerprint density at radius 1 is 0.397 bits per heavy atom. The first-order chi connectivity index (χ1) is 28.7. The standard InChI is InChI=1S/C57H38S/c1-3-18-42-39(4-2)55(43-30-16-22-36-19-8-9-23-40(36)43)48-28-14-15-29-49(48)56(42)51-32-17-31-50-41-34-33-38(35-52(41)58-57(50)51)54-46-26-12-10-24-44(46)53(37-20-6-5-7-21-37)45-25-11-13-27-47(45)54/h3-35H,2H2,1H3/b18-3-. The van der Waals surface area contributed by atoms with E-state index in [1.165, 1.54) is 113 Å². The predicted octanol–water partition coefficient (Wildman–Crippen LogP) is 17.0. The van der Waals surface area contributed by atoms with Crippen LogP contribution in [0.4, 0.5) is 0 Å². The Labute approximate surface area is 342 Å². The van der Waals surface area contributed by atoms with Crippen LogP contribution in [0.5, 0.6) is 0 Å². The van der Waals surface area contributed by atoms with E-state index in [0.29, 0.717) is 0 Å². The molecule has 0 unspecified atom stereocenters. The molecule has 0 amide bonds. The van der Waals surface area contributed by atoms with Crippen molar-refractivity contribution in [2.75, 3.05) is 0 Å². The van der Waals surface area contributed by atoms with Gasteiger partial charge < -0.3 is 0 Å². The second-order valence-electron chi connectivity index (χ2n) is 15.1. The van der Waals surface area contributed by atoms with Gasteiger partial charge in [0, 0.05) is 25.7 Å². The maximum absolute atomic E-state index is 4.45. The maximum atomic E-state index is 4.45. The first-order valence-electron chi connectivity index (χ1n) is 20.0. The zero-order valence-electron chi connectivity index (χ0n) is 32.2. The van der Waals surface area contributed by atoms with Gasteiger partial charge in [-0.15, -0.1) is 11.3 Å². The minimum atomic E-state index is 1.15. The van der Waals surface area contributed by atoms with Crippen LogP contribution in [-0.2, 0) is 0 Å². The average Bonchev–Trinajstić information content (AvgIpc) is 3.66. The van der Waals surface area contributed by atoms with Gasteiger partial charge in [-0.2, -0.15) is 0 Å². The van der Waals surface area contributed by atoms with Gasteiger partial charge in [-0.05, 0) is 106 Å². The van der Waals surface area contributed by atoms with Gasteiger partial charge in [0.25, 0.3) is 0 Å². The van der Waals surface area contributed by atoms with E-state index in [2.05, 4.69) is 214 Å². The summed E-state index contributed by atoms with van der Waals surface area (Å²) in [5.41, 5.74) is 12.4. The van der Waals surface area contributed by atoms with E-state index >= 15 is 0 Å². The third-order valence-electron chi connectivity index (χ3n) is 11.9. The van der Waals surface area contributed by atoms with Crippen LogP contribution in [0, 0.1) is 0 Å². The second-order valence-corrected chi connectivity index (χ2v) is 16.1. The minimum Gasteiger partial charge on any atom is -0.135 e. The molecule has 58 heavy (non-hydrogen) atoms. The first kappa shape index (κ1) is 34.2. The topological polar surface area (TPSA) is 0 Å². The van der Waals surface area contributed by atoms with E-state index in [9.17, 15) is 0 Å². The van der Waals surface area contributed by atoms with E-state index < -0.39 is 0 Å². The fourth-order valence-corrected chi connectivity index (χ4v) is 10.8. The lowest BCUT2D eigenvalue weighted by atomic mass is 9.82. The van der Waals surface area contributed by atoms with E-state index in [1.54, 1.807) is 0 Å². The van der Waals surface area contributed by atoms with E-state index in [-0.39, 0.29) is 0 Å². The Morgan fingerprint density at radius 3 is 1.53 bits per heavy atom. The summed E-state index contributed by atoms with van der Waals surface area (Å²) in [6.45, 7) is 6.57. The predicted molar refractivity (Wildman–Crippen MR) is 256 cm³/mol. The number of hydrogen-bond donors (Lipinski definition) is 0. The third kappa shape index (κ3) is 5.21. The van der Waals surface area contributed by atoms with Crippen molar-refractivity contribution in [3.8, 4) is 44.5 Å². The summed E-state index contributed by atoms with van der Waals surface area (Å²) in [7, 11) is 0. The van der Waals surface area contributed by atoms with Gasteiger partial charge in [-0.25, -0.2) is 0 Å². The molecule has 1 heteroatoms. The van der Waals surface area contributed by atoms with Gasteiger partial charge in [-0.3, -0.25) is 0 Å². The van der Waals surface area contributed by atoms with Gasteiger partial charge in [0.05, 0.1) is 0 Å². The highest BCUT2D eigenvalue weighted by molar-refractivity contribution is 7.26. The molecule has 272 valence electrons. The largest absolute Gasteiger partial charge is 0.135 e. The normalized spacial score (nSPS) is 11.9. The van der Waals surface area contributed by atoms with Crippen molar-refractivity contribution in [3.05, 3.63) is 206 Å². The molecule has 1 aromatic heterocycles. The molecule has 0 saturated heterocycles. The van der Waals surface area contributed by atoms with Crippen LogP contribution in [0.3, 0.4) is 0 Å². The molecule has 0 N–H and O–H groups in total. The second kappa shape index (κ2) is 13.8. The highest BCUT2D eigenvalue weighted by Gasteiger charge is 2.23. The molecule has 1 heterocycles. The molecule has 0 nitrogen and oxygen atoms in total. The van der Waals surface area contributed by atoms with Crippen molar-refractivity contribution < 1.29 is 0 Å². The molecule has 10 aromatic carbocycles. The van der Waals surface area contributed by atoms with Gasteiger partial charge >= 0.3 is 0 Å². The van der Waals surface area contributed by atoms with Crippen LogP contribution in [0.15, 0.2) is 195 Å². The molecule has 0 radical (unpaired) electrons. The van der Waals surface area contributed by atoms with Crippen molar-refractivity contribution in [1.82, 2.24) is 0 Å².